The molecule has 1 fully saturated rings. The van der Waals surface area contributed by atoms with Crippen LogP contribution >= 0.6 is 11.6 Å². The molecule has 1 aromatic carbocycles. The number of halogens is 1. The highest BCUT2D eigenvalue weighted by Gasteiger charge is 2.24. The van der Waals surface area contributed by atoms with Crippen molar-refractivity contribution in [3.05, 3.63) is 28.9 Å². The Labute approximate surface area is 135 Å². The smallest absolute Gasteiger partial charge is 0.272 e. The minimum atomic E-state index is -0.128. The molecule has 0 spiro atoms. The monoisotopic (exact) mass is 320 g/mol. The SMILES string of the molecule is CC(C)N1CCC(NC(=O)c2n[nH]c3ccc(Cl)cc23)CC1. The number of hydrogen-bond donors (Lipinski definition) is 2. The predicted molar refractivity (Wildman–Crippen MR) is 88.3 cm³/mol. The van der Waals surface area contributed by atoms with Crippen LogP contribution in [0.3, 0.4) is 0 Å². The zero-order chi connectivity index (χ0) is 15.7. The Balaban J connectivity index is 1.68. The average Bonchev–Trinajstić information content (AvgIpc) is 2.90. The van der Waals surface area contributed by atoms with E-state index in [1.165, 1.54) is 0 Å². The Bertz CT molecular complexity index is 674. The van der Waals surface area contributed by atoms with Crippen molar-refractivity contribution in [3.63, 3.8) is 0 Å². The number of likely N-dealkylation sites (tertiary alicyclic amines) is 1. The number of aromatic nitrogens is 2. The summed E-state index contributed by atoms with van der Waals surface area (Å²) in [6, 6.07) is 6.17. The van der Waals surface area contributed by atoms with Crippen molar-refractivity contribution in [1.82, 2.24) is 20.4 Å². The van der Waals surface area contributed by atoms with Crippen molar-refractivity contribution in [3.8, 4) is 0 Å². The molecule has 6 heteroatoms. The van der Waals surface area contributed by atoms with Crippen LogP contribution in [0.5, 0.6) is 0 Å². The summed E-state index contributed by atoms with van der Waals surface area (Å²) in [5.41, 5.74) is 1.24. The number of carbonyl (C=O) groups is 1. The maximum atomic E-state index is 12.5. The molecule has 2 N–H and O–H groups in total. The number of carbonyl (C=O) groups excluding carboxylic acids is 1. The van der Waals surface area contributed by atoms with Gasteiger partial charge in [-0.15, -0.1) is 0 Å². The van der Waals surface area contributed by atoms with E-state index in [2.05, 4.69) is 34.3 Å². The third-order valence-electron chi connectivity index (χ3n) is 4.34. The molecule has 0 atom stereocenters. The second kappa shape index (κ2) is 6.26. The zero-order valence-corrected chi connectivity index (χ0v) is 13.7. The number of benzene rings is 1. The van der Waals surface area contributed by atoms with Crippen LogP contribution in [-0.2, 0) is 0 Å². The number of nitrogens with one attached hydrogen (secondary N) is 2. The van der Waals surface area contributed by atoms with Gasteiger partial charge in [-0.25, -0.2) is 0 Å². The van der Waals surface area contributed by atoms with Gasteiger partial charge in [-0.05, 0) is 44.9 Å². The van der Waals surface area contributed by atoms with Crippen molar-refractivity contribution in [2.24, 2.45) is 0 Å². The van der Waals surface area contributed by atoms with E-state index in [4.69, 9.17) is 11.6 Å². The molecule has 118 valence electrons. The number of piperidine rings is 1. The summed E-state index contributed by atoms with van der Waals surface area (Å²) in [5.74, 6) is -0.128. The summed E-state index contributed by atoms with van der Waals surface area (Å²) in [6.45, 7) is 6.46. The molecule has 2 heterocycles. The highest BCUT2D eigenvalue weighted by Crippen LogP contribution is 2.21. The third kappa shape index (κ3) is 3.10. The Hall–Kier alpha value is -1.59. The third-order valence-corrected chi connectivity index (χ3v) is 4.57. The van der Waals surface area contributed by atoms with E-state index in [1.54, 1.807) is 12.1 Å². The number of nitrogens with zero attached hydrogens (tertiary/aromatic N) is 2. The molecule has 1 aliphatic heterocycles. The van der Waals surface area contributed by atoms with E-state index in [9.17, 15) is 4.79 Å². The fourth-order valence-electron chi connectivity index (χ4n) is 2.97. The molecule has 22 heavy (non-hydrogen) atoms. The Morgan fingerprint density at radius 1 is 1.41 bits per heavy atom. The maximum absolute atomic E-state index is 12.5. The van der Waals surface area contributed by atoms with E-state index in [1.807, 2.05) is 6.07 Å². The maximum Gasteiger partial charge on any atom is 0.272 e. The summed E-state index contributed by atoms with van der Waals surface area (Å²) in [7, 11) is 0. The lowest BCUT2D eigenvalue weighted by Crippen LogP contribution is -2.46. The summed E-state index contributed by atoms with van der Waals surface area (Å²) in [6.07, 6.45) is 1.96. The van der Waals surface area contributed by atoms with Gasteiger partial charge in [0.2, 0.25) is 0 Å². The highest BCUT2D eigenvalue weighted by atomic mass is 35.5. The number of hydrogen-bond acceptors (Lipinski definition) is 3. The molecule has 5 nitrogen and oxygen atoms in total. The van der Waals surface area contributed by atoms with Crippen molar-refractivity contribution >= 4 is 28.4 Å². The van der Waals surface area contributed by atoms with Gasteiger partial charge in [-0.3, -0.25) is 9.89 Å². The molecule has 3 rings (SSSR count). The fourth-order valence-corrected chi connectivity index (χ4v) is 3.15. The molecule has 0 bridgehead atoms. The molecule has 1 aliphatic rings. The molecule has 1 aromatic heterocycles. The van der Waals surface area contributed by atoms with Crippen LogP contribution in [0.25, 0.3) is 10.9 Å². The molecule has 0 unspecified atom stereocenters. The van der Waals surface area contributed by atoms with Gasteiger partial charge in [0.25, 0.3) is 5.91 Å². The van der Waals surface area contributed by atoms with Gasteiger partial charge >= 0.3 is 0 Å². The van der Waals surface area contributed by atoms with Gasteiger partial charge in [0.1, 0.15) is 0 Å². The van der Waals surface area contributed by atoms with Gasteiger partial charge in [0, 0.05) is 35.6 Å². The van der Waals surface area contributed by atoms with Gasteiger partial charge in [0.05, 0.1) is 5.52 Å². The van der Waals surface area contributed by atoms with Crippen LogP contribution in [0, 0.1) is 0 Å². The zero-order valence-electron chi connectivity index (χ0n) is 12.9. The van der Waals surface area contributed by atoms with Gasteiger partial charge in [0.15, 0.2) is 5.69 Å². The summed E-state index contributed by atoms with van der Waals surface area (Å²) < 4.78 is 0. The Kier molecular flexibility index (Phi) is 4.36. The highest BCUT2D eigenvalue weighted by molar-refractivity contribution is 6.31. The first kappa shape index (κ1) is 15.3. The van der Waals surface area contributed by atoms with Crippen molar-refractivity contribution in [2.45, 2.75) is 38.8 Å². The topological polar surface area (TPSA) is 61.0 Å². The van der Waals surface area contributed by atoms with Crippen LogP contribution in [0.4, 0.5) is 0 Å². The van der Waals surface area contributed by atoms with Crippen LogP contribution < -0.4 is 5.32 Å². The van der Waals surface area contributed by atoms with Crippen LogP contribution in [-0.4, -0.2) is 46.2 Å². The molecule has 1 amide bonds. The van der Waals surface area contributed by atoms with Crippen LogP contribution in [0.2, 0.25) is 5.02 Å². The van der Waals surface area contributed by atoms with Crippen molar-refractivity contribution in [2.75, 3.05) is 13.1 Å². The lowest BCUT2D eigenvalue weighted by Gasteiger charge is -2.34. The molecule has 2 aromatic rings. The Morgan fingerprint density at radius 2 is 2.14 bits per heavy atom. The molecular weight excluding hydrogens is 300 g/mol. The molecule has 1 saturated heterocycles. The number of amides is 1. The summed E-state index contributed by atoms with van der Waals surface area (Å²) in [4.78, 5) is 14.9. The normalized spacial score (nSPS) is 17.3. The molecule has 0 saturated carbocycles. The van der Waals surface area contributed by atoms with E-state index < -0.39 is 0 Å². The standard InChI is InChI=1S/C16H21ClN4O/c1-10(2)21-7-5-12(6-8-21)18-16(22)15-13-9-11(17)3-4-14(13)19-20-15/h3-4,9-10,12H,5-8H2,1-2H3,(H,18,22)(H,19,20). The Morgan fingerprint density at radius 3 is 2.82 bits per heavy atom. The van der Waals surface area contributed by atoms with E-state index in [0.29, 0.717) is 16.8 Å². The quantitative estimate of drug-likeness (QED) is 0.914. The van der Waals surface area contributed by atoms with Crippen molar-refractivity contribution < 1.29 is 4.79 Å². The minimum Gasteiger partial charge on any atom is -0.348 e. The van der Waals surface area contributed by atoms with Gasteiger partial charge in [-0.2, -0.15) is 5.10 Å². The minimum absolute atomic E-state index is 0.128. The molecule has 0 aliphatic carbocycles. The van der Waals surface area contributed by atoms with E-state index in [-0.39, 0.29) is 11.9 Å². The first-order valence-electron chi connectivity index (χ1n) is 7.73. The number of rotatable bonds is 3. The first-order valence-corrected chi connectivity index (χ1v) is 8.11. The second-order valence-electron chi connectivity index (χ2n) is 6.14. The van der Waals surface area contributed by atoms with E-state index in [0.717, 1.165) is 36.8 Å². The largest absolute Gasteiger partial charge is 0.348 e. The molecular formula is C16H21ClN4O. The van der Waals surface area contributed by atoms with Gasteiger partial charge < -0.3 is 10.2 Å². The van der Waals surface area contributed by atoms with Crippen molar-refractivity contribution in [1.29, 1.82) is 0 Å². The number of H-pyrrole nitrogens is 1. The van der Waals surface area contributed by atoms with Gasteiger partial charge in [-0.1, -0.05) is 11.6 Å². The second-order valence-corrected chi connectivity index (χ2v) is 6.58. The lowest BCUT2D eigenvalue weighted by molar-refractivity contribution is 0.0897. The fraction of sp³-hybridized carbons (Fsp3) is 0.500. The molecule has 0 radical (unpaired) electrons. The average molecular weight is 321 g/mol. The summed E-state index contributed by atoms with van der Waals surface area (Å²) >= 11 is 6.01. The van der Waals surface area contributed by atoms with E-state index >= 15 is 0 Å². The van der Waals surface area contributed by atoms with Crippen LogP contribution in [0.15, 0.2) is 18.2 Å². The first-order chi connectivity index (χ1) is 10.5. The lowest BCUT2D eigenvalue weighted by atomic mass is 10.0. The van der Waals surface area contributed by atoms with Crippen LogP contribution in [0.1, 0.15) is 37.2 Å². The summed E-state index contributed by atoms with van der Waals surface area (Å²) in [5, 5.41) is 11.5. The number of aromatic amines is 1. The predicted octanol–water partition coefficient (Wildman–Crippen LogP) is 2.82. The number of fused-ring (bicyclic) bond motifs is 1.